The predicted octanol–water partition coefficient (Wildman–Crippen LogP) is 3.08. The number of hydrogen-bond donors (Lipinski definition) is 2. The number of likely N-dealkylation sites (N-methyl/N-ethyl adjacent to an activating group) is 1. The second-order valence-electron chi connectivity index (χ2n) is 5.75. The van der Waals surface area contributed by atoms with Gasteiger partial charge in [-0.05, 0) is 32.6 Å². The lowest BCUT2D eigenvalue weighted by Crippen LogP contribution is -2.34. The van der Waals surface area contributed by atoms with Crippen LogP contribution in [0.1, 0.15) is 31.1 Å². The van der Waals surface area contributed by atoms with Crippen molar-refractivity contribution < 1.29 is 0 Å². The molecule has 0 saturated carbocycles. The second kappa shape index (κ2) is 5.76. The molecule has 3 heteroatoms. The maximum Gasteiger partial charge on any atom is 0.0490 e. The summed E-state index contributed by atoms with van der Waals surface area (Å²) in [5.41, 5.74) is 3.91. The third-order valence-electron chi connectivity index (χ3n) is 3.62. The Labute approximate surface area is 116 Å². The topological polar surface area (TPSA) is 31.1 Å². The van der Waals surface area contributed by atoms with Crippen molar-refractivity contribution in [1.82, 2.24) is 15.2 Å². The summed E-state index contributed by atoms with van der Waals surface area (Å²) in [6.45, 7) is 7.51. The molecule has 0 aliphatic heterocycles. The van der Waals surface area contributed by atoms with Gasteiger partial charge in [-0.1, -0.05) is 32.0 Å². The standard InChI is InChI=1S/C16H25N3/c1-11(2)17-10-15(19(4)5)16-12(3)18-14-9-7-6-8-13(14)16/h6-9,11,15,17-18H,10H2,1-5H3. The van der Waals surface area contributed by atoms with Gasteiger partial charge < -0.3 is 15.2 Å². The van der Waals surface area contributed by atoms with Crippen molar-refractivity contribution in [1.29, 1.82) is 0 Å². The van der Waals surface area contributed by atoms with E-state index in [0.29, 0.717) is 12.1 Å². The van der Waals surface area contributed by atoms with Crippen molar-refractivity contribution in [3.05, 3.63) is 35.5 Å². The molecule has 1 aromatic heterocycles. The lowest BCUT2D eigenvalue weighted by Gasteiger charge is -2.26. The van der Waals surface area contributed by atoms with Gasteiger partial charge in [0.2, 0.25) is 0 Å². The number of benzene rings is 1. The van der Waals surface area contributed by atoms with Crippen LogP contribution in [-0.4, -0.2) is 36.6 Å². The summed E-state index contributed by atoms with van der Waals surface area (Å²) in [4.78, 5) is 5.79. The van der Waals surface area contributed by atoms with Crippen LogP contribution in [0.5, 0.6) is 0 Å². The molecule has 3 nitrogen and oxygen atoms in total. The van der Waals surface area contributed by atoms with Gasteiger partial charge in [0.1, 0.15) is 0 Å². The first kappa shape index (κ1) is 14.1. The van der Waals surface area contributed by atoms with E-state index >= 15 is 0 Å². The van der Waals surface area contributed by atoms with E-state index in [0.717, 1.165) is 6.54 Å². The van der Waals surface area contributed by atoms with Crippen LogP contribution >= 0.6 is 0 Å². The molecule has 0 fully saturated rings. The molecule has 0 aliphatic rings. The number of para-hydroxylation sites is 1. The Bertz CT molecular complexity index is 540. The number of hydrogen-bond acceptors (Lipinski definition) is 2. The van der Waals surface area contributed by atoms with Crippen LogP contribution in [0.15, 0.2) is 24.3 Å². The third-order valence-corrected chi connectivity index (χ3v) is 3.62. The Morgan fingerprint density at radius 1 is 1.21 bits per heavy atom. The number of nitrogens with one attached hydrogen (secondary N) is 2. The first-order valence-corrected chi connectivity index (χ1v) is 6.97. The number of rotatable bonds is 5. The third kappa shape index (κ3) is 2.99. The van der Waals surface area contributed by atoms with Crippen molar-refractivity contribution in [3.63, 3.8) is 0 Å². The van der Waals surface area contributed by atoms with E-state index in [1.165, 1.54) is 22.2 Å². The molecular weight excluding hydrogens is 234 g/mol. The molecule has 2 aromatic rings. The Morgan fingerprint density at radius 3 is 2.53 bits per heavy atom. The highest BCUT2D eigenvalue weighted by atomic mass is 15.1. The fraction of sp³-hybridized carbons (Fsp3) is 0.500. The van der Waals surface area contributed by atoms with Crippen molar-refractivity contribution in [3.8, 4) is 0 Å². The highest BCUT2D eigenvalue weighted by Crippen LogP contribution is 2.29. The average Bonchev–Trinajstić information content (AvgIpc) is 2.66. The number of aromatic nitrogens is 1. The zero-order chi connectivity index (χ0) is 14.0. The van der Waals surface area contributed by atoms with E-state index in [9.17, 15) is 0 Å². The number of nitrogens with zero attached hydrogens (tertiary/aromatic N) is 1. The lowest BCUT2D eigenvalue weighted by atomic mass is 10.0. The maximum atomic E-state index is 3.55. The van der Waals surface area contributed by atoms with Crippen molar-refractivity contribution in [2.45, 2.75) is 32.9 Å². The molecule has 104 valence electrons. The zero-order valence-electron chi connectivity index (χ0n) is 12.6. The van der Waals surface area contributed by atoms with Gasteiger partial charge in [-0.15, -0.1) is 0 Å². The normalized spacial score (nSPS) is 13.6. The number of fused-ring (bicyclic) bond motifs is 1. The monoisotopic (exact) mass is 259 g/mol. The molecule has 1 heterocycles. The van der Waals surface area contributed by atoms with E-state index in [2.05, 4.69) is 74.3 Å². The molecule has 1 atom stereocenters. The number of H-pyrrole nitrogens is 1. The summed E-state index contributed by atoms with van der Waals surface area (Å²) in [6, 6.07) is 9.45. The minimum atomic E-state index is 0.388. The number of aryl methyl sites for hydroxylation is 1. The van der Waals surface area contributed by atoms with Crippen molar-refractivity contribution >= 4 is 10.9 Å². The van der Waals surface area contributed by atoms with Gasteiger partial charge >= 0.3 is 0 Å². The molecule has 0 saturated heterocycles. The summed E-state index contributed by atoms with van der Waals surface area (Å²) >= 11 is 0. The van der Waals surface area contributed by atoms with Crippen LogP contribution in [-0.2, 0) is 0 Å². The number of aromatic amines is 1. The quantitative estimate of drug-likeness (QED) is 0.864. The molecule has 0 amide bonds. The lowest BCUT2D eigenvalue weighted by molar-refractivity contribution is 0.284. The summed E-state index contributed by atoms with van der Waals surface area (Å²) < 4.78 is 0. The highest BCUT2D eigenvalue weighted by Gasteiger charge is 2.20. The molecule has 2 N–H and O–H groups in total. The van der Waals surface area contributed by atoms with Crippen molar-refractivity contribution in [2.24, 2.45) is 0 Å². The molecule has 0 radical (unpaired) electrons. The van der Waals surface area contributed by atoms with Crippen LogP contribution in [0.25, 0.3) is 10.9 Å². The Hall–Kier alpha value is -1.32. The van der Waals surface area contributed by atoms with E-state index < -0.39 is 0 Å². The fourth-order valence-corrected chi connectivity index (χ4v) is 2.62. The summed E-state index contributed by atoms with van der Waals surface area (Å²) in [7, 11) is 4.29. The van der Waals surface area contributed by atoms with Crippen LogP contribution in [0.4, 0.5) is 0 Å². The first-order valence-electron chi connectivity index (χ1n) is 6.97. The van der Waals surface area contributed by atoms with E-state index in [4.69, 9.17) is 0 Å². The maximum absolute atomic E-state index is 3.55. The van der Waals surface area contributed by atoms with Crippen LogP contribution in [0.2, 0.25) is 0 Å². The molecule has 2 rings (SSSR count). The Morgan fingerprint density at radius 2 is 1.89 bits per heavy atom. The zero-order valence-corrected chi connectivity index (χ0v) is 12.6. The smallest absolute Gasteiger partial charge is 0.0490 e. The minimum Gasteiger partial charge on any atom is -0.358 e. The molecule has 1 unspecified atom stereocenters. The average molecular weight is 259 g/mol. The largest absolute Gasteiger partial charge is 0.358 e. The van der Waals surface area contributed by atoms with E-state index in [-0.39, 0.29) is 0 Å². The molecule has 1 aromatic carbocycles. The summed E-state index contributed by atoms with van der Waals surface area (Å²) in [5.74, 6) is 0. The van der Waals surface area contributed by atoms with Gasteiger partial charge in [0.05, 0.1) is 0 Å². The fourth-order valence-electron chi connectivity index (χ4n) is 2.62. The van der Waals surface area contributed by atoms with Gasteiger partial charge in [-0.3, -0.25) is 0 Å². The Kier molecular flexibility index (Phi) is 4.27. The Balaban J connectivity index is 2.41. The first-order chi connectivity index (χ1) is 9.00. The molecule has 19 heavy (non-hydrogen) atoms. The highest BCUT2D eigenvalue weighted by molar-refractivity contribution is 5.85. The van der Waals surface area contributed by atoms with Gasteiger partial charge in [0.15, 0.2) is 0 Å². The summed E-state index contributed by atoms with van der Waals surface area (Å²) in [6.07, 6.45) is 0. The van der Waals surface area contributed by atoms with E-state index in [1.54, 1.807) is 0 Å². The minimum absolute atomic E-state index is 0.388. The molecular formula is C16H25N3. The molecule has 0 bridgehead atoms. The van der Waals surface area contributed by atoms with Crippen LogP contribution in [0.3, 0.4) is 0 Å². The SMILES string of the molecule is Cc1[nH]c2ccccc2c1C(CNC(C)C)N(C)C. The van der Waals surface area contributed by atoms with Crippen molar-refractivity contribution in [2.75, 3.05) is 20.6 Å². The molecule has 0 spiro atoms. The second-order valence-corrected chi connectivity index (χ2v) is 5.75. The van der Waals surface area contributed by atoms with Crippen LogP contribution < -0.4 is 5.32 Å². The van der Waals surface area contributed by atoms with E-state index in [1.807, 2.05) is 0 Å². The van der Waals surface area contributed by atoms with Crippen LogP contribution in [0, 0.1) is 6.92 Å². The molecule has 0 aliphatic carbocycles. The van der Waals surface area contributed by atoms with Gasteiger partial charge in [-0.25, -0.2) is 0 Å². The van der Waals surface area contributed by atoms with Gasteiger partial charge in [-0.2, -0.15) is 0 Å². The van der Waals surface area contributed by atoms with Gasteiger partial charge in [0.25, 0.3) is 0 Å². The van der Waals surface area contributed by atoms with Gasteiger partial charge in [0, 0.05) is 35.2 Å². The predicted molar refractivity (Wildman–Crippen MR) is 82.6 cm³/mol. The summed E-state index contributed by atoms with van der Waals surface area (Å²) in [5, 5.41) is 4.89.